The molecule has 0 aromatic heterocycles. The number of morpholine rings is 1. The number of amides is 1. The molecule has 0 saturated carbocycles. The second-order valence-corrected chi connectivity index (χ2v) is 3.89. The molecule has 0 spiro atoms. The molecule has 1 aromatic carbocycles. The van der Waals surface area contributed by atoms with E-state index in [-0.39, 0.29) is 12.5 Å². The Bertz CT molecular complexity index is 392. The number of ether oxygens (including phenoxy) is 1. The molecule has 1 heterocycles. The summed E-state index contributed by atoms with van der Waals surface area (Å²) in [6.07, 6.45) is 0. The minimum absolute atomic E-state index is 0.00776. The number of carbonyl (C=O) groups is 1. The Balaban J connectivity index is 2.35. The SMILES string of the molecule is Cc1c(Cl)cccc1N1CCOCC1=O. The number of halogens is 1. The molecular weight excluding hydrogens is 214 g/mol. The van der Waals surface area contributed by atoms with Gasteiger partial charge in [0.05, 0.1) is 6.61 Å². The van der Waals surface area contributed by atoms with Crippen molar-refractivity contribution < 1.29 is 9.53 Å². The van der Waals surface area contributed by atoms with Crippen LogP contribution in [0.1, 0.15) is 5.56 Å². The first kappa shape index (κ1) is 10.5. The largest absolute Gasteiger partial charge is 0.370 e. The normalized spacial score (nSPS) is 16.9. The second kappa shape index (κ2) is 4.21. The molecule has 0 radical (unpaired) electrons. The van der Waals surface area contributed by atoms with Crippen molar-refractivity contribution in [2.24, 2.45) is 0 Å². The Morgan fingerprint density at radius 2 is 2.27 bits per heavy atom. The van der Waals surface area contributed by atoms with Crippen LogP contribution < -0.4 is 4.90 Å². The third-order valence-corrected chi connectivity index (χ3v) is 2.93. The van der Waals surface area contributed by atoms with E-state index in [1.807, 2.05) is 25.1 Å². The lowest BCUT2D eigenvalue weighted by atomic mass is 10.1. The average molecular weight is 226 g/mol. The molecule has 1 aliphatic rings. The number of anilines is 1. The summed E-state index contributed by atoms with van der Waals surface area (Å²) in [6, 6.07) is 5.59. The molecule has 1 saturated heterocycles. The number of benzene rings is 1. The lowest BCUT2D eigenvalue weighted by Crippen LogP contribution is -2.42. The van der Waals surface area contributed by atoms with Gasteiger partial charge in [0.1, 0.15) is 6.61 Å². The number of nitrogens with zero attached hydrogens (tertiary/aromatic N) is 1. The monoisotopic (exact) mass is 225 g/mol. The predicted molar refractivity (Wildman–Crippen MR) is 59.4 cm³/mol. The highest BCUT2D eigenvalue weighted by Crippen LogP contribution is 2.27. The van der Waals surface area contributed by atoms with Crippen molar-refractivity contribution in [3.8, 4) is 0 Å². The van der Waals surface area contributed by atoms with Gasteiger partial charge in [-0.15, -0.1) is 0 Å². The third kappa shape index (κ3) is 1.98. The maximum atomic E-state index is 11.6. The Hall–Kier alpha value is -1.06. The van der Waals surface area contributed by atoms with E-state index in [1.165, 1.54) is 0 Å². The standard InChI is InChI=1S/C11H12ClNO2/c1-8-9(12)3-2-4-10(8)13-5-6-15-7-11(13)14/h2-4H,5-7H2,1H3. The third-order valence-electron chi connectivity index (χ3n) is 2.52. The van der Waals surface area contributed by atoms with Crippen LogP contribution in [0.2, 0.25) is 5.02 Å². The van der Waals surface area contributed by atoms with Gasteiger partial charge in [0.25, 0.3) is 5.91 Å². The van der Waals surface area contributed by atoms with Crippen molar-refractivity contribution in [3.05, 3.63) is 28.8 Å². The Kier molecular flexibility index (Phi) is 2.93. The van der Waals surface area contributed by atoms with Crippen LogP contribution in [-0.4, -0.2) is 25.7 Å². The lowest BCUT2D eigenvalue weighted by molar-refractivity contribution is -0.125. The van der Waals surface area contributed by atoms with Crippen LogP contribution in [0, 0.1) is 6.92 Å². The molecular formula is C11H12ClNO2. The van der Waals surface area contributed by atoms with Crippen LogP contribution in [-0.2, 0) is 9.53 Å². The molecule has 1 aliphatic heterocycles. The van der Waals surface area contributed by atoms with Gasteiger partial charge in [0, 0.05) is 17.3 Å². The molecule has 1 fully saturated rings. The average Bonchev–Trinajstić information content (AvgIpc) is 2.23. The summed E-state index contributed by atoms with van der Waals surface area (Å²) in [5, 5.41) is 0.687. The Morgan fingerprint density at radius 1 is 1.47 bits per heavy atom. The van der Waals surface area contributed by atoms with E-state index < -0.39 is 0 Å². The molecule has 0 atom stereocenters. The molecule has 0 aliphatic carbocycles. The van der Waals surface area contributed by atoms with Crippen molar-refractivity contribution in [2.45, 2.75) is 6.92 Å². The van der Waals surface area contributed by atoms with Crippen LogP contribution in [0.25, 0.3) is 0 Å². The molecule has 15 heavy (non-hydrogen) atoms. The molecule has 1 aromatic rings. The zero-order valence-electron chi connectivity index (χ0n) is 8.50. The summed E-state index contributed by atoms with van der Waals surface area (Å²) < 4.78 is 5.08. The van der Waals surface area contributed by atoms with Gasteiger partial charge in [-0.25, -0.2) is 0 Å². The van der Waals surface area contributed by atoms with E-state index in [9.17, 15) is 4.79 Å². The number of carbonyl (C=O) groups excluding carboxylic acids is 1. The van der Waals surface area contributed by atoms with Gasteiger partial charge in [-0.2, -0.15) is 0 Å². The predicted octanol–water partition coefficient (Wildman–Crippen LogP) is 2.01. The topological polar surface area (TPSA) is 29.5 Å². The summed E-state index contributed by atoms with van der Waals surface area (Å²) in [5.74, 6) is -0.00776. The van der Waals surface area contributed by atoms with Gasteiger partial charge >= 0.3 is 0 Å². The number of hydrogen-bond acceptors (Lipinski definition) is 2. The quantitative estimate of drug-likeness (QED) is 0.732. The van der Waals surface area contributed by atoms with Crippen LogP contribution in [0.4, 0.5) is 5.69 Å². The molecule has 0 N–H and O–H groups in total. The minimum atomic E-state index is -0.00776. The highest BCUT2D eigenvalue weighted by molar-refractivity contribution is 6.31. The maximum absolute atomic E-state index is 11.6. The molecule has 0 bridgehead atoms. The minimum Gasteiger partial charge on any atom is -0.370 e. The van der Waals surface area contributed by atoms with Gasteiger partial charge in [0.15, 0.2) is 0 Å². The van der Waals surface area contributed by atoms with Gasteiger partial charge < -0.3 is 9.64 Å². The van der Waals surface area contributed by atoms with E-state index in [4.69, 9.17) is 16.3 Å². The second-order valence-electron chi connectivity index (χ2n) is 3.48. The van der Waals surface area contributed by atoms with Gasteiger partial charge in [-0.1, -0.05) is 17.7 Å². The summed E-state index contributed by atoms with van der Waals surface area (Å²) in [4.78, 5) is 13.3. The molecule has 4 heteroatoms. The molecule has 0 unspecified atom stereocenters. The highest BCUT2D eigenvalue weighted by Gasteiger charge is 2.21. The summed E-state index contributed by atoms with van der Waals surface area (Å²) in [5.41, 5.74) is 1.82. The van der Waals surface area contributed by atoms with Crippen LogP contribution in [0.3, 0.4) is 0 Å². The van der Waals surface area contributed by atoms with E-state index in [0.29, 0.717) is 18.2 Å². The fourth-order valence-electron chi connectivity index (χ4n) is 1.66. The van der Waals surface area contributed by atoms with Crippen molar-refractivity contribution in [3.63, 3.8) is 0 Å². The van der Waals surface area contributed by atoms with Crippen molar-refractivity contribution >= 4 is 23.2 Å². The zero-order chi connectivity index (χ0) is 10.8. The highest BCUT2D eigenvalue weighted by atomic mass is 35.5. The molecule has 1 amide bonds. The maximum Gasteiger partial charge on any atom is 0.253 e. The smallest absolute Gasteiger partial charge is 0.253 e. The summed E-state index contributed by atoms with van der Waals surface area (Å²) >= 11 is 6.01. The van der Waals surface area contributed by atoms with E-state index in [0.717, 1.165) is 11.3 Å². The Labute approximate surface area is 93.6 Å². The fourth-order valence-corrected chi connectivity index (χ4v) is 1.83. The first-order valence-electron chi connectivity index (χ1n) is 4.83. The molecule has 80 valence electrons. The van der Waals surface area contributed by atoms with E-state index >= 15 is 0 Å². The number of rotatable bonds is 1. The first-order valence-corrected chi connectivity index (χ1v) is 5.21. The van der Waals surface area contributed by atoms with Crippen molar-refractivity contribution in [1.29, 1.82) is 0 Å². The number of hydrogen-bond donors (Lipinski definition) is 0. The Morgan fingerprint density at radius 3 is 3.00 bits per heavy atom. The van der Waals surface area contributed by atoms with Crippen LogP contribution in [0.15, 0.2) is 18.2 Å². The summed E-state index contributed by atoms with van der Waals surface area (Å²) in [7, 11) is 0. The summed E-state index contributed by atoms with van der Waals surface area (Å²) in [6.45, 7) is 3.25. The van der Waals surface area contributed by atoms with Gasteiger partial charge in [-0.3, -0.25) is 4.79 Å². The van der Waals surface area contributed by atoms with Crippen LogP contribution >= 0.6 is 11.6 Å². The van der Waals surface area contributed by atoms with Crippen molar-refractivity contribution in [1.82, 2.24) is 0 Å². The van der Waals surface area contributed by atoms with Gasteiger partial charge in [0.2, 0.25) is 0 Å². The molecule has 3 nitrogen and oxygen atoms in total. The zero-order valence-corrected chi connectivity index (χ0v) is 9.25. The van der Waals surface area contributed by atoms with E-state index in [1.54, 1.807) is 4.90 Å². The van der Waals surface area contributed by atoms with Crippen LogP contribution in [0.5, 0.6) is 0 Å². The van der Waals surface area contributed by atoms with E-state index in [2.05, 4.69) is 0 Å². The lowest BCUT2D eigenvalue weighted by Gasteiger charge is -2.28. The molecule has 2 rings (SSSR count). The van der Waals surface area contributed by atoms with Gasteiger partial charge in [-0.05, 0) is 24.6 Å². The fraction of sp³-hybridized carbons (Fsp3) is 0.364. The van der Waals surface area contributed by atoms with Crippen molar-refractivity contribution in [2.75, 3.05) is 24.7 Å². The first-order chi connectivity index (χ1) is 7.20.